The Kier molecular flexibility index (Phi) is 9.73. The first-order chi connectivity index (χ1) is 17.6. The Balaban J connectivity index is 1.70. The molecule has 3 rings (SSSR count). The van der Waals surface area contributed by atoms with Crippen molar-refractivity contribution < 1.29 is 14.1 Å². The van der Waals surface area contributed by atoms with Crippen LogP contribution < -0.4 is 20.7 Å². The van der Waals surface area contributed by atoms with E-state index in [0.29, 0.717) is 54.3 Å². The zero-order valence-electron chi connectivity index (χ0n) is 21.6. The molecule has 196 valence electrons. The van der Waals surface area contributed by atoms with Crippen LogP contribution in [-0.2, 0) is 9.36 Å². The zero-order valence-corrected chi connectivity index (χ0v) is 23.3. The number of aromatic nitrogens is 2. The molecule has 0 aliphatic rings. The highest BCUT2D eigenvalue weighted by Gasteiger charge is 2.17. The van der Waals surface area contributed by atoms with Gasteiger partial charge < -0.3 is 24.8 Å². The Labute approximate surface area is 223 Å². The van der Waals surface area contributed by atoms with Gasteiger partial charge in [-0.1, -0.05) is 30.3 Å². The molecule has 1 heterocycles. The predicted molar refractivity (Wildman–Crippen MR) is 153 cm³/mol. The summed E-state index contributed by atoms with van der Waals surface area (Å²) in [6.07, 6.45) is 3.54. The highest BCUT2D eigenvalue weighted by atomic mass is 35.5. The molecule has 2 aromatic carbocycles. The SMILES string of the molecule is C=CC(=O)N(CC)CCCOc1cc(C)cc(Nc2ncc(Cl)c(Nc3ccccc3P(C)(C)=O)n2)c1. The fraction of sp³-hybridized carbons (Fsp3) is 0.296. The van der Waals surface area contributed by atoms with E-state index in [1.165, 1.54) is 12.3 Å². The summed E-state index contributed by atoms with van der Waals surface area (Å²) in [7, 11) is -2.51. The van der Waals surface area contributed by atoms with E-state index >= 15 is 0 Å². The van der Waals surface area contributed by atoms with E-state index in [-0.39, 0.29) is 5.91 Å². The largest absolute Gasteiger partial charge is 0.493 e. The second-order valence-electron chi connectivity index (χ2n) is 8.87. The lowest BCUT2D eigenvalue weighted by molar-refractivity contribution is -0.125. The number of nitrogens with one attached hydrogen (secondary N) is 2. The molecule has 0 fully saturated rings. The Bertz CT molecular complexity index is 1310. The van der Waals surface area contributed by atoms with Crippen molar-refractivity contribution in [3.63, 3.8) is 0 Å². The molecule has 0 saturated heterocycles. The fourth-order valence-electron chi connectivity index (χ4n) is 3.72. The monoisotopic (exact) mass is 541 g/mol. The molecule has 10 heteroatoms. The second-order valence-corrected chi connectivity index (χ2v) is 12.5. The quantitative estimate of drug-likeness (QED) is 0.165. The summed E-state index contributed by atoms with van der Waals surface area (Å²) in [4.78, 5) is 22.4. The first kappa shape index (κ1) is 28.2. The van der Waals surface area contributed by atoms with Crippen LogP contribution in [0.1, 0.15) is 18.9 Å². The first-order valence-corrected chi connectivity index (χ1v) is 15.0. The van der Waals surface area contributed by atoms with Crippen LogP contribution in [0, 0.1) is 6.92 Å². The average molecular weight is 542 g/mol. The third-order valence-electron chi connectivity index (χ3n) is 5.50. The summed E-state index contributed by atoms with van der Waals surface area (Å²) in [5.41, 5.74) is 2.44. The Morgan fingerprint density at radius 3 is 2.68 bits per heavy atom. The number of aryl methyl sites for hydroxylation is 1. The van der Waals surface area contributed by atoms with Crippen LogP contribution >= 0.6 is 18.7 Å². The van der Waals surface area contributed by atoms with Gasteiger partial charge in [0.2, 0.25) is 11.9 Å². The van der Waals surface area contributed by atoms with Crippen LogP contribution in [0.3, 0.4) is 0 Å². The molecule has 0 aliphatic heterocycles. The van der Waals surface area contributed by atoms with Gasteiger partial charge in [0.1, 0.15) is 17.9 Å². The van der Waals surface area contributed by atoms with Gasteiger partial charge in [-0.25, -0.2) is 4.98 Å². The van der Waals surface area contributed by atoms with Crippen molar-refractivity contribution in [2.75, 3.05) is 43.7 Å². The van der Waals surface area contributed by atoms with Crippen molar-refractivity contribution in [1.82, 2.24) is 14.9 Å². The smallest absolute Gasteiger partial charge is 0.245 e. The number of hydrogen-bond donors (Lipinski definition) is 2. The van der Waals surface area contributed by atoms with Gasteiger partial charge in [0, 0.05) is 30.1 Å². The van der Waals surface area contributed by atoms with Crippen molar-refractivity contribution in [3.8, 4) is 5.75 Å². The number of hydrogen-bond acceptors (Lipinski definition) is 7. The first-order valence-electron chi connectivity index (χ1n) is 12.0. The van der Waals surface area contributed by atoms with E-state index < -0.39 is 7.14 Å². The summed E-state index contributed by atoms with van der Waals surface area (Å²) >= 11 is 6.36. The van der Waals surface area contributed by atoms with E-state index in [0.717, 1.165) is 16.6 Å². The topological polar surface area (TPSA) is 96.5 Å². The molecule has 0 spiro atoms. The lowest BCUT2D eigenvalue weighted by Gasteiger charge is -2.19. The molecular weight excluding hydrogens is 509 g/mol. The number of halogens is 1. The lowest BCUT2D eigenvalue weighted by Crippen LogP contribution is -2.30. The molecule has 37 heavy (non-hydrogen) atoms. The number of carbonyl (C=O) groups is 1. The van der Waals surface area contributed by atoms with Crippen molar-refractivity contribution >= 4 is 53.1 Å². The van der Waals surface area contributed by atoms with E-state index in [2.05, 4.69) is 27.2 Å². The number of rotatable bonds is 12. The molecule has 0 atom stereocenters. The third-order valence-corrected chi connectivity index (χ3v) is 7.32. The van der Waals surface area contributed by atoms with Crippen molar-refractivity contribution in [2.24, 2.45) is 0 Å². The maximum atomic E-state index is 12.7. The molecular formula is C27H33ClN5O3P. The number of carbonyl (C=O) groups excluding carboxylic acids is 1. The van der Waals surface area contributed by atoms with Gasteiger partial charge in [0.15, 0.2) is 5.82 Å². The third kappa shape index (κ3) is 8.07. The van der Waals surface area contributed by atoms with E-state index in [4.69, 9.17) is 16.3 Å². The molecule has 1 aromatic heterocycles. The number of amides is 1. The van der Waals surface area contributed by atoms with Crippen LogP contribution in [0.15, 0.2) is 61.3 Å². The maximum Gasteiger partial charge on any atom is 0.245 e. The molecule has 0 radical (unpaired) electrons. The minimum Gasteiger partial charge on any atom is -0.493 e. The van der Waals surface area contributed by atoms with Gasteiger partial charge >= 0.3 is 0 Å². The summed E-state index contributed by atoms with van der Waals surface area (Å²) in [6.45, 7) is 12.6. The fourth-order valence-corrected chi connectivity index (χ4v) is 5.02. The van der Waals surface area contributed by atoms with Crippen LogP contribution in [0.4, 0.5) is 23.1 Å². The Morgan fingerprint density at radius 1 is 1.22 bits per heavy atom. The number of anilines is 4. The molecule has 0 saturated carbocycles. The van der Waals surface area contributed by atoms with Gasteiger partial charge in [-0.2, -0.15) is 4.98 Å². The number of para-hydroxylation sites is 1. The van der Waals surface area contributed by atoms with E-state index in [9.17, 15) is 9.36 Å². The molecule has 0 aliphatic carbocycles. The van der Waals surface area contributed by atoms with Gasteiger partial charge in [-0.3, -0.25) is 4.79 Å². The number of nitrogens with zero attached hydrogens (tertiary/aromatic N) is 3. The number of likely N-dealkylation sites (N-methyl/N-ethyl adjacent to an activating group) is 1. The van der Waals surface area contributed by atoms with Gasteiger partial charge in [0.05, 0.1) is 18.5 Å². The highest BCUT2D eigenvalue weighted by molar-refractivity contribution is 7.70. The van der Waals surface area contributed by atoms with Crippen LogP contribution in [0.2, 0.25) is 5.02 Å². The van der Waals surface area contributed by atoms with Crippen molar-refractivity contribution in [2.45, 2.75) is 20.3 Å². The standard InChI is InChI=1S/C27H33ClN5O3P/c1-6-25(34)33(7-2)13-10-14-36-21-16-19(3)15-20(17-21)30-27-29-18-22(28)26(32-27)31-23-11-8-9-12-24(23)37(4,5)35/h6,8-9,11-12,15-18H,1,7,10,13-14H2,2-5H3,(H2,29,30,31,32). The lowest BCUT2D eigenvalue weighted by atomic mass is 10.2. The molecule has 0 bridgehead atoms. The average Bonchev–Trinajstić information content (AvgIpc) is 2.85. The predicted octanol–water partition coefficient (Wildman–Crippen LogP) is 5.98. The van der Waals surface area contributed by atoms with Crippen molar-refractivity contribution in [1.29, 1.82) is 0 Å². The number of ether oxygens (including phenoxy) is 1. The molecule has 1 amide bonds. The van der Waals surface area contributed by atoms with E-state index in [1.54, 1.807) is 18.2 Å². The maximum absolute atomic E-state index is 12.7. The molecule has 8 nitrogen and oxygen atoms in total. The Morgan fingerprint density at radius 2 is 1.97 bits per heavy atom. The van der Waals surface area contributed by atoms with Crippen LogP contribution in [-0.4, -0.2) is 53.8 Å². The van der Waals surface area contributed by atoms with Gasteiger partial charge in [-0.05, 0) is 69.5 Å². The summed E-state index contributed by atoms with van der Waals surface area (Å²) in [5.74, 6) is 1.36. The van der Waals surface area contributed by atoms with Gasteiger partial charge in [-0.15, -0.1) is 0 Å². The van der Waals surface area contributed by atoms with E-state index in [1.807, 2.05) is 56.3 Å². The minimum absolute atomic E-state index is 0.0803. The number of benzene rings is 2. The van der Waals surface area contributed by atoms with Crippen molar-refractivity contribution in [3.05, 3.63) is 71.9 Å². The summed E-state index contributed by atoms with van der Waals surface area (Å²) in [6, 6.07) is 13.2. The second kappa shape index (κ2) is 12.7. The normalized spacial score (nSPS) is 11.1. The van der Waals surface area contributed by atoms with Gasteiger partial charge in [0.25, 0.3) is 0 Å². The molecule has 2 N–H and O–H groups in total. The Hall–Kier alpha value is -3.35. The summed E-state index contributed by atoms with van der Waals surface area (Å²) < 4.78 is 18.7. The summed E-state index contributed by atoms with van der Waals surface area (Å²) in [5, 5.41) is 7.46. The molecule has 0 unspecified atom stereocenters. The highest BCUT2D eigenvalue weighted by Crippen LogP contribution is 2.38. The minimum atomic E-state index is -2.51. The zero-order chi connectivity index (χ0) is 27.0. The molecule has 3 aromatic rings. The van der Waals surface area contributed by atoms with Crippen LogP contribution in [0.5, 0.6) is 5.75 Å². The van der Waals surface area contributed by atoms with Crippen LogP contribution in [0.25, 0.3) is 0 Å².